The van der Waals surface area contributed by atoms with Crippen LogP contribution in [0.2, 0.25) is 0 Å². The lowest BCUT2D eigenvalue weighted by atomic mass is 10.1. The maximum absolute atomic E-state index is 9.27. The van der Waals surface area contributed by atoms with E-state index < -0.39 is 0 Å². The summed E-state index contributed by atoms with van der Waals surface area (Å²) in [5.74, 6) is 0. The molecule has 1 rings (SSSR count). The summed E-state index contributed by atoms with van der Waals surface area (Å²) in [7, 11) is 0. The Bertz CT molecular complexity index is 120. The lowest BCUT2D eigenvalue weighted by molar-refractivity contribution is 0.0818. The van der Waals surface area contributed by atoms with Crippen LogP contribution in [-0.2, 0) is 0 Å². The normalized spacial score (nSPS) is 18.4. The van der Waals surface area contributed by atoms with Crippen LogP contribution in [0.5, 0.6) is 0 Å². The molecule has 0 aromatic heterocycles. The van der Waals surface area contributed by atoms with Gasteiger partial charge in [0.2, 0.25) is 0 Å². The van der Waals surface area contributed by atoms with E-state index in [0.29, 0.717) is 0 Å². The van der Waals surface area contributed by atoms with Gasteiger partial charge in [-0.1, -0.05) is 40.0 Å². The van der Waals surface area contributed by atoms with Crippen LogP contribution in [0, 0.1) is 0 Å². The molecule has 0 aliphatic carbocycles. The first kappa shape index (κ1) is 14.9. The number of piperidine rings is 1. The minimum atomic E-state index is -0.0209. The summed E-state index contributed by atoms with van der Waals surface area (Å²) in [6.45, 7) is 9.93. The summed E-state index contributed by atoms with van der Waals surface area (Å²) in [6, 6.07) is 0. The van der Waals surface area contributed by atoms with Crippen LogP contribution in [0.25, 0.3) is 0 Å². The van der Waals surface area contributed by atoms with E-state index in [1.807, 2.05) is 0 Å². The molecular weight excluding hydrogens is 186 g/mol. The quantitative estimate of drug-likeness (QED) is 0.729. The Balaban J connectivity index is 0.000000583. The van der Waals surface area contributed by atoms with Crippen LogP contribution < -0.4 is 0 Å². The number of rotatable bonds is 4. The van der Waals surface area contributed by atoms with Crippen LogP contribution in [0.4, 0.5) is 0 Å². The van der Waals surface area contributed by atoms with Crippen molar-refractivity contribution in [1.29, 1.82) is 0 Å². The van der Waals surface area contributed by atoms with Gasteiger partial charge < -0.3 is 10.0 Å². The standard InChI is InChI=1S/C10H21NO.C3H8/c1-2-3-4-7-11-8-5-10(12)6-9-11;1-3-2/h10,12H,2-9H2,1H3;3H2,1-2H3. The fourth-order valence-corrected chi connectivity index (χ4v) is 1.73. The zero-order valence-electron chi connectivity index (χ0n) is 10.8. The van der Waals surface area contributed by atoms with Crippen LogP contribution in [0.15, 0.2) is 0 Å². The molecule has 1 aliphatic rings. The Hall–Kier alpha value is -0.0800. The number of aliphatic hydroxyl groups is 1. The molecule has 15 heavy (non-hydrogen) atoms. The smallest absolute Gasteiger partial charge is 0.0564 e. The average Bonchev–Trinajstić information content (AvgIpc) is 2.23. The molecule has 0 radical (unpaired) electrons. The van der Waals surface area contributed by atoms with Crippen LogP contribution >= 0.6 is 0 Å². The first-order valence-corrected chi connectivity index (χ1v) is 6.64. The second-order valence-electron chi connectivity index (χ2n) is 4.49. The highest BCUT2D eigenvalue weighted by molar-refractivity contribution is 4.70. The zero-order chi connectivity index (χ0) is 11.5. The molecule has 2 heteroatoms. The number of unbranched alkanes of at least 4 members (excludes halogenated alkanes) is 2. The Kier molecular flexibility index (Phi) is 10.4. The van der Waals surface area contributed by atoms with Crippen LogP contribution in [0.1, 0.15) is 59.3 Å². The minimum Gasteiger partial charge on any atom is -0.393 e. The lowest BCUT2D eigenvalue weighted by Crippen LogP contribution is -2.36. The fourth-order valence-electron chi connectivity index (χ4n) is 1.73. The molecule has 1 fully saturated rings. The van der Waals surface area contributed by atoms with E-state index in [0.717, 1.165) is 25.9 Å². The number of nitrogens with zero attached hydrogens (tertiary/aromatic N) is 1. The highest BCUT2D eigenvalue weighted by atomic mass is 16.3. The molecule has 0 saturated carbocycles. The highest BCUT2D eigenvalue weighted by Gasteiger charge is 2.15. The van der Waals surface area contributed by atoms with Crippen LogP contribution in [0.3, 0.4) is 0 Å². The molecule has 0 amide bonds. The van der Waals surface area contributed by atoms with Crippen molar-refractivity contribution in [3.63, 3.8) is 0 Å². The number of hydrogen-bond acceptors (Lipinski definition) is 2. The average molecular weight is 215 g/mol. The van der Waals surface area contributed by atoms with Crippen molar-refractivity contribution in [3.8, 4) is 0 Å². The van der Waals surface area contributed by atoms with Crippen molar-refractivity contribution in [2.75, 3.05) is 19.6 Å². The topological polar surface area (TPSA) is 23.5 Å². The zero-order valence-corrected chi connectivity index (χ0v) is 10.8. The van der Waals surface area contributed by atoms with Crippen molar-refractivity contribution in [1.82, 2.24) is 4.90 Å². The molecule has 1 N–H and O–H groups in total. The van der Waals surface area contributed by atoms with Crippen molar-refractivity contribution in [2.45, 2.75) is 65.4 Å². The first-order chi connectivity index (χ1) is 7.24. The van der Waals surface area contributed by atoms with E-state index in [1.165, 1.54) is 32.2 Å². The largest absolute Gasteiger partial charge is 0.393 e. The van der Waals surface area contributed by atoms with Gasteiger partial charge in [0.1, 0.15) is 0 Å². The summed E-state index contributed by atoms with van der Waals surface area (Å²) < 4.78 is 0. The highest BCUT2D eigenvalue weighted by Crippen LogP contribution is 2.10. The maximum Gasteiger partial charge on any atom is 0.0564 e. The van der Waals surface area contributed by atoms with Gasteiger partial charge in [-0.2, -0.15) is 0 Å². The van der Waals surface area contributed by atoms with E-state index >= 15 is 0 Å². The van der Waals surface area contributed by atoms with Gasteiger partial charge in [0.25, 0.3) is 0 Å². The van der Waals surface area contributed by atoms with Crippen molar-refractivity contribution in [3.05, 3.63) is 0 Å². The third kappa shape index (κ3) is 8.88. The van der Waals surface area contributed by atoms with Gasteiger partial charge in [-0.05, 0) is 25.8 Å². The van der Waals surface area contributed by atoms with E-state index in [2.05, 4.69) is 25.7 Å². The predicted molar refractivity (Wildman–Crippen MR) is 67.2 cm³/mol. The lowest BCUT2D eigenvalue weighted by Gasteiger charge is -2.29. The number of aliphatic hydroxyl groups excluding tert-OH is 1. The van der Waals surface area contributed by atoms with Gasteiger partial charge in [0.05, 0.1) is 6.10 Å². The SMILES string of the molecule is CCC.CCCCCN1CCC(O)CC1. The molecule has 0 bridgehead atoms. The molecule has 0 atom stereocenters. The Morgan fingerprint density at radius 1 is 1.07 bits per heavy atom. The van der Waals surface area contributed by atoms with Crippen LogP contribution in [-0.4, -0.2) is 35.7 Å². The van der Waals surface area contributed by atoms with Gasteiger partial charge in [-0.15, -0.1) is 0 Å². The number of likely N-dealkylation sites (tertiary alicyclic amines) is 1. The summed E-state index contributed by atoms with van der Waals surface area (Å²) in [5, 5.41) is 9.27. The Morgan fingerprint density at radius 3 is 2.07 bits per heavy atom. The van der Waals surface area contributed by atoms with Gasteiger partial charge >= 0.3 is 0 Å². The van der Waals surface area contributed by atoms with E-state index in [1.54, 1.807) is 0 Å². The molecule has 92 valence electrons. The second kappa shape index (κ2) is 10.4. The summed E-state index contributed by atoms with van der Waals surface area (Å²) in [5.41, 5.74) is 0. The summed E-state index contributed by atoms with van der Waals surface area (Å²) in [4.78, 5) is 2.47. The van der Waals surface area contributed by atoms with Gasteiger partial charge in [-0.3, -0.25) is 0 Å². The molecule has 1 saturated heterocycles. The Morgan fingerprint density at radius 2 is 1.60 bits per heavy atom. The molecule has 0 aromatic rings. The maximum atomic E-state index is 9.27. The fraction of sp³-hybridized carbons (Fsp3) is 1.00. The summed E-state index contributed by atoms with van der Waals surface area (Å²) in [6.07, 6.45) is 7.16. The molecule has 2 nitrogen and oxygen atoms in total. The van der Waals surface area contributed by atoms with Gasteiger partial charge in [-0.25, -0.2) is 0 Å². The van der Waals surface area contributed by atoms with Crippen molar-refractivity contribution >= 4 is 0 Å². The molecule has 0 spiro atoms. The molecule has 0 unspecified atom stereocenters. The molecule has 0 aromatic carbocycles. The van der Waals surface area contributed by atoms with E-state index in [4.69, 9.17) is 0 Å². The minimum absolute atomic E-state index is 0.0209. The van der Waals surface area contributed by atoms with Gasteiger partial charge in [0.15, 0.2) is 0 Å². The monoisotopic (exact) mass is 215 g/mol. The first-order valence-electron chi connectivity index (χ1n) is 6.64. The predicted octanol–water partition coefficient (Wildman–Crippen LogP) is 3.05. The third-order valence-corrected chi connectivity index (χ3v) is 2.63. The number of hydrogen-bond donors (Lipinski definition) is 1. The summed E-state index contributed by atoms with van der Waals surface area (Å²) >= 11 is 0. The van der Waals surface area contributed by atoms with E-state index in [-0.39, 0.29) is 6.10 Å². The van der Waals surface area contributed by atoms with Gasteiger partial charge in [0, 0.05) is 13.1 Å². The molecule has 1 aliphatic heterocycles. The molecule has 1 heterocycles. The Labute approximate surface area is 95.7 Å². The van der Waals surface area contributed by atoms with Crippen molar-refractivity contribution < 1.29 is 5.11 Å². The molecular formula is C13H29NO. The van der Waals surface area contributed by atoms with E-state index in [9.17, 15) is 5.11 Å². The second-order valence-corrected chi connectivity index (χ2v) is 4.49. The third-order valence-electron chi connectivity index (χ3n) is 2.63. The van der Waals surface area contributed by atoms with Crippen molar-refractivity contribution in [2.24, 2.45) is 0 Å².